The summed E-state index contributed by atoms with van der Waals surface area (Å²) in [5.74, 6) is -1.25. The second kappa shape index (κ2) is 9.62. The van der Waals surface area contributed by atoms with E-state index in [1.54, 1.807) is 36.7 Å². The molecule has 4 heterocycles. The molecule has 0 saturated carbocycles. The summed E-state index contributed by atoms with van der Waals surface area (Å²) in [5.41, 5.74) is 2.23. The smallest absolute Gasteiger partial charge is 0.352 e. The number of halogens is 3. The van der Waals surface area contributed by atoms with Crippen LogP contribution in [0.2, 0.25) is 0 Å². The second-order valence-electron chi connectivity index (χ2n) is 8.84. The Hall–Kier alpha value is -3.51. The molecule has 0 bridgehead atoms. The standard InChI is InChI=1S/C22H27F3N8O2/c1-13-17(14(2)33-21(28-13)29-20(30-33)22(23,24)25)4-5-18(34)32-8-6-15(7-9-32)10-26-19(35)16-11-27-31(3)12-16/h11-12,15H,4-10H2,1-3H3,(H,26,35). The predicted octanol–water partition coefficient (Wildman–Crippen LogP) is 2.09. The molecular formula is C22H27F3N8O2. The zero-order valence-electron chi connectivity index (χ0n) is 19.8. The van der Waals surface area contributed by atoms with Crippen LogP contribution in [0.5, 0.6) is 0 Å². The van der Waals surface area contributed by atoms with E-state index in [0.29, 0.717) is 48.6 Å². The van der Waals surface area contributed by atoms with Gasteiger partial charge in [0.2, 0.25) is 5.91 Å². The number of rotatable bonds is 6. The molecule has 3 aromatic heterocycles. The van der Waals surface area contributed by atoms with E-state index in [9.17, 15) is 22.8 Å². The molecule has 188 valence electrons. The first-order chi connectivity index (χ1) is 16.5. The molecule has 2 amide bonds. The van der Waals surface area contributed by atoms with Gasteiger partial charge in [-0.05, 0) is 44.6 Å². The Kier molecular flexibility index (Phi) is 6.77. The van der Waals surface area contributed by atoms with Crippen molar-refractivity contribution >= 4 is 17.6 Å². The van der Waals surface area contributed by atoms with Gasteiger partial charge in [-0.2, -0.15) is 23.3 Å². The molecule has 0 radical (unpaired) electrons. The summed E-state index contributed by atoms with van der Waals surface area (Å²) in [6.45, 7) is 5.08. The zero-order valence-corrected chi connectivity index (χ0v) is 19.8. The lowest BCUT2D eigenvalue weighted by atomic mass is 9.96. The fourth-order valence-corrected chi connectivity index (χ4v) is 4.34. The van der Waals surface area contributed by atoms with Crippen molar-refractivity contribution in [2.45, 2.75) is 45.7 Å². The van der Waals surface area contributed by atoms with Crippen LogP contribution in [0, 0.1) is 19.8 Å². The summed E-state index contributed by atoms with van der Waals surface area (Å²) in [6, 6.07) is 0. The first-order valence-electron chi connectivity index (χ1n) is 11.4. The Labute approximate surface area is 199 Å². The molecule has 0 aromatic carbocycles. The minimum absolute atomic E-state index is 0.0173. The van der Waals surface area contributed by atoms with Crippen LogP contribution in [0.4, 0.5) is 13.2 Å². The highest BCUT2D eigenvalue weighted by Crippen LogP contribution is 2.27. The normalized spacial score (nSPS) is 15.1. The van der Waals surface area contributed by atoms with Gasteiger partial charge < -0.3 is 10.2 Å². The van der Waals surface area contributed by atoms with Gasteiger partial charge >= 0.3 is 6.18 Å². The molecule has 1 fully saturated rings. The molecule has 0 atom stereocenters. The van der Waals surface area contributed by atoms with Crippen molar-refractivity contribution in [3.05, 3.63) is 40.7 Å². The number of piperidine rings is 1. The van der Waals surface area contributed by atoms with Gasteiger partial charge in [0, 0.05) is 50.7 Å². The molecule has 1 saturated heterocycles. The first-order valence-corrected chi connectivity index (χ1v) is 11.4. The highest BCUT2D eigenvalue weighted by molar-refractivity contribution is 5.93. The van der Waals surface area contributed by atoms with Crippen LogP contribution in [-0.4, -0.2) is 65.7 Å². The van der Waals surface area contributed by atoms with Crippen LogP contribution < -0.4 is 5.32 Å². The highest BCUT2D eigenvalue weighted by Gasteiger charge is 2.37. The van der Waals surface area contributed by atoms with E-state index in [2.05, 4.69) is 25.5 Å². The molecule has 1 N–H and O–H groups in total. The van der Waals surface area contributed by atoms with Crippen LogP contribution in [0.25, 0.3) is 5.78 Å². The number of carbonyl (C=O) groups excluding carboxylic acids is 2. The minimum Gasteiger partial charge on any atom is -0.352 e. The molecule has 13 heteroatoms. The number of hydrogen-bond donors (Lipinski definition) is 1. The predicted molar refractivity (Wildman–Crippen MR) is 118 cm³/mol. The van der Waals surface area contributed by atoms with E-state index in [1.165, 1.54) is 6.20 Å². The third-order valence-electron chi connectivity index (χ3n) is 6.38. The lowest BCUT2D eigenvalue weighted by molar-refractivity contribution is -0.144. The van der Waals surface area contributed by atoms with E-state index in [-0.39, 0.29) is 29.9 Å². The average Bonchev–Trinajstić information content (AvgIpc) is 3.44. The minimum atomic E-state index is -4.65. The van der Waals surface area contributed by atoms with Gasteiger partial charge in [-0.3, -0.25) is 14.3 Å². The highest BCUT2D eigenvalue weighted by atomic mass is 19.4. The number of alkyl halides is 3. The van der Waals surface area contributed by atoms with Gasteiger partial charge in [-0.25, -0.2) is 9.50 Å². The monoisotopic (exact) mass is 492 g/mol. The molecule has 35 heavy (non-hydrogen) atoms. The Morgan fingerprint density at radius 3 is 2.51 bits per heavy atom. The number of nitrogens with zero attached hydrogens (tertiary/aromatic N) is 7. The lowest BCUT2D eigenvalue weighted by Gasteiger charge is -2.32. The number of carbonyl (C=O) groups is 2. The van der Waals surface area contributed by atoms with Crippen molar-refractivity contribution < 1.29 is 22.8 Å². The number of hydrogen-bond acceptors (Lipinski definition) is 6. The maximum atomic E-state index is 13.0. The molecule has 1 aliphatic rings. The largest absolute Gasteiger partial charge is 0.453 e. The van der Waals surface area contributed by atoms with Crippen LogP contribution in [0.15, 0.2) is 12.4 Å². The molecule has 10 nitrogen and oxygen atoms in total. The van der Waals surface area contributed by atoms with Crippen molar-refractivity contribution in [1.82, 2.24) is 39.6 Å². The Bertz CT molecular complexity index is 1240. The van der Waals surface area contributed by atoms with E-state index < -0.39 is 12.0 Å². The van der Waals surface area contributed by atoms with E-state index in [1.807, 2.05) is 0 Å². The number of aryl methyl sites for hydroxylation is 3. The van der Waals surface area contributed by atoms with Crippen molar-refractivity contribution in [3.8, 4) is 0 Å². The van der Waals surface area contributed by atoms with Gasteiger partial charge in [0.25, 0.3) is 17.5 Å². The quantitative estimate of drug-likeness (QED) is 0.564. The third kappa shape index (κ3) is 5.43. The van der Waals surface area contributed by atoms with Crippen LogP contribution in [0.3, 0.4) is 0 Å². The van der Waals surface area contributed by atoms with Crippen LogP contribution in [-0.2, 0) is 24.4 Å². The number of likely N-dealkylation sites (tertiary alicyclic amines) is 1. The summed E-state index contributed by atoms with van der Waals surface area (Å²) in [7, 11) is 1.75. The molecule has 3 aromatic rings. The number of amides is 2. The summed E-state index contributed by atoms with van der Waals surface area (Å²) in [4.78, 5) is 34.4. The fourth-order valence-electron chi connectivity index (χ4n) is 4.34. The van der Waals surface area contributed by atoms with Gasteiger partial charge in [0.1, 0.15) is 0 Å². The third-order valence-corrected chi connectivity index (χ3v) is 6.38. The van der Waals surface area contributed by atoms with Gasteiger partial charge in [-0.1, -0.05) is 0 Å². The molecule has 0 unspecified atom stereocenters. The number of fused-ring (bicyclic) bond motifs is 1. The molecule has 0 aliphatic carbocycles. The molecule has 0 spiro atoms. The maximum Gasteiger partial charge on any atom is 0.453 e. The van der Waals surface area contributed by atoms with E-state index in [0.717, 1.165) is 17.4 Å². The molecule has 1 aliphatic heterocycles. The van der Waals surface area contributed by atoms with Crippen molar-refractivity contribution in [3.63, 3.8) is 0 Å². The Balaban J connectivity index is 1.29. The van der Waals surface area contributed by atoms with Crippen LogP contribution in [0.1, 0.15) is 52.4 Å². The SMILES string of the molecule is Cc1nc2nc(C(F)(F)F)nn2c(C)c1CCC(=O)N1CCC(CNC(=O)c2cnn(C)c2)CC1. The summed E-state index contributed by atoms with van der Waals surface area (Å²) in [5, 5.41) is 10.5. The number of aromatic nitrogens is 6. The lowest BCUT2D eigenvalue weighted by Crippen LogP contribution is -2.41. The average molecular weight is 493 g/mol. The van der Waals surface area contributed by atoms with Crippen molar-refractivity contribution in [1.29, 1.82) is 0 Å². The van der Waals surface area contributed by atoms with Gasteiger partial charge in [0.05, 0.1) is 11.8 Å². The summed E-state index contributed by atoms with van der Waals surface area (Å²) in [6.07, 6.45) is 0.655. The van der Waals surface area contributed by atoms with E-state index in [4.69, 9.17) is 0 Å². The van der Waals surface area contributed by atoms with Crippen molar-refractivity contribution in [2.75, 3.05) is 19.6 Å². The summed E-state index contributed by atoms with van der Waals surface area (Å²) >= 11 is 0. The molecular weight excluding hydrogens is 465 g/mol. The first kappa shape index (κ1) is 24.6. The zero-order chi connectivity index (χ0) is 25.3. The van der Waals surface area contributed by atoms with E-state index >= 15 is 0 Å². The number of nitrogens with one attached hydrogen (secondary N) is 1. The summed E-state index contributed by atoms with van der Waals surface area (Å²) < 4.78 is 41.6. The van der Waals surface area contributed by atoms with Crippen LogP contribution >= 0.6 is 0 Å². The van der Waals surface area contributed by atoms with Crippen molar-refractivity contribution in [2.24, 2.45) is 13.0 Å². The van der Waals surface area contributed by atoms with Gasteiger partial charge in [0.15, 0.2) is 0 Å². The Morgan fingerprint density at radius 1 is 1.17 bits per heavy atom. The topological polar surface area (TPSA) is 110 Å². The maximum absolute atomic E-state index is 13.0. The molecule has 4 rings (SSSR count). The Morgan fingerprint density at radius 2 is 1.89 bits per heavy atom. The second-order valence-corrected chi connectivity index (χ2v) is 8.84. The fraction of sp³-hybridized carbons (Fsp3) is 0.545. The van der Waals surface area contributed by atoms with Gasteiger partial charge in [-0.15, -0.1) is 5.10 Å².